The summed E-state index contributed by atoms with van der Waals surface area (Å²) in [5.41, 5.74) is 8.42. The van der Waals surface area contributed by atoms with Gasteiger partial charge in [-0.25, -0.2) is 9.67 Å². The maximum Gasteiger partial charge on any atom is 0.333 e. The smallest absolute Gasteiger partial charge is 0.333 e. The van der Waals surface area contributed by atoms with Crippen LogP contribution in [0.2, 0.25) is 0 Å². The maximum absolute atomic E-state index is 10.8. The minimum Gasteiger partial charge on any atom is -0.378 e. The van der Waals surface area contributed by atoms with Crippen LogP contribution in [0.1, 0.15) is 24.4 Å². The SMILES string of the molecule is Cc1nn(C(C)c2cscn2)c(N)c1[N+](=O)[O-]. The Kier molecular flexibility index (Phi) is 2.80. The number of aromatic nitrogens is 3. The van der Waals surface area contributed by atoms with Gasteiger partial charge in [0.1, 0.15) is 5.69 Å². The van der Waals surface area contributed by atoms with Gasteiger partial charge in [-0.2, -0.15) is 5.10 Å². The van der Waals surface area contributed by atoms with Crippen molar-refractivity contribution in [3.8, 4) is 0 Å². The number of nitrogens with zero attached hydrogens (tertiary/aromatic N) is 4. The molecule has 0 aromatic carbocycles. The highest BCUT2D eigenvalue weighted by Gasteiger charge is 2.26. The summed E-state index contributed by atoms with van der Waals surface area (Å²) in [4.78, 5) is 14.5. The molecule has 1 unspecified atom stereocenters. The maximum atomic E-state index is 10.8. The minimum atomic E-state index is -0.512. The lowest BCUT2D eigenvalue weighted by Gasteiger charge is -2.10. The molecule has 0 radical (unpaired) electrons. The number of hydrogen-bond acceptors (Lipinski definition) is 6. The molecule has 0 spiro atoms. The topological polar surface area (TPSA) is 99.9 Å². The summed E-state index contributed by atoms with van der Waals surface area (Å²) in [6.07, 6.45) is 0. The van der Waals surface area contributed by atoms with Gasteiger partial charge in [0.25, 0.3) is 0 Å². The van der Waals surface area contributed by atoms with Crippen LogP contribution >= 0.6 is 11.3 Å². The third kappa shape index (κ3) is 1.86. The molecule has 2 rings (SSSR count). The Morgan fingerprint density at radius 1 is 1.65 bits per heavy atom. The second-order valence-corrected chi connectivity index (χ2v) is 4.33. The quantitative estimate of drug-likeness (QED) is 0.663. The fourth-order valence-corrected chi connectivity index (χ4v) is 2.27. The second-order valence-electron chi connectivity index (χ2n) is 3.61. The normalized spacial score (nSPS) is 12.6. The average Bonchev–Trinajstić information content (AvgIpc) is 2.85. The molecule has 2 aromatic rings. The first-order valence-corrected chi connectivity index (χ1v) is 5.83. The molecule has 0 aliphatic rings. The highest BCUT2D eigenvalue weighted by molar-refractivity contribution is 7.07. The summed E-state index contributed by atoms with van der Waals surface area (Å²) in [6, 6.07) is -0.214. The molecule has 2 N–H and O–H groups in total. The lowest BCUT2D eigenvalue weighted by molar-refractivity contribution is -0.384. The van der Waals surface area contributed by atoms with E-state index in [9.17, 15) is 10.1 Å². The van der Waals surface area contributed by atoms with Crippen molar-refractivity contribution in [2.45, 2.75) is 19.9 Å². The van der Waals surface area contributed by atoms with E-state index < -0.39 is 4.92 Å². The van der Waals surface area contributed by atoms with E-state index in [2.05, 4.69) is 10.1 Å². The van der Waals surface area contributed by atoms with Crippen LogP contribution in [0.15, 0.2) is 10.9 Å². The highest BCUT2D eigenvalue weighted by atomic mass is 32.1. The van der Waals surface area contributed by atoms with Crippen LogP contribution in [-0.2, 0) is 0 Å². The van der Waals surface area contributed by atoms with Gasteiger partial charge >= 0.3 is 5.69 Å². The van der Waals surface area contributed by atoms with Gasteiger partial charge in [-0.15, -0.1) is 11.3 Å². The van der Waals surface area contributed by atoms with Crippen molar-refractivity contribution in [1.29, 1.82) is 0 Å². The second kappa shape index (κ2) is 4.13. The van der Waals surface area contributed by atoms with Gasteiger partial charge in [0, 0.05) is 5.38 Å². The molecule has 0 amide bonds. The molecule has 0 fully saturated rings. The number of aryl methyl sites for hydroxylation is 1. The Labute approximate surface area is 101 Å². The fraction of sp³-hybridized carbons (Fsp3) is 0.333. The van der Waals surface area contributed by atoms with Crippen LogP contribution in [-0.4, -0.2) is 19.7 Å². The molecule has 0 saturated carbocycles. The van der Waals surface area contributed by atoms with Crippen molar-refractivity contribution in [2.75, 3.05) is 5.73 Å². The van der Waals surface area contributed by atoms with Crippen molar-refractivity contribution in [3.63, 3.8) is 0 Å². The molecule has 17 heavy (non-hydrogen) atoms. The average molecular weight is 253 g/mol. The Morgan fingerprint density at radius 2 is 2.35 bits per heavy atom. The third-order valence-corrected chi connectivity index (χ3v) is 3.12. The predicted molar refractivity (Wildman–Crippen MR) is 64.0 cm³/mol. The Balaban J connectivity index is 2.47. The number of anilines is 1. The van der Waals surface area contributed by atoms with Crippen molar-refractivity contribution < 1.29 is 4.92 Å². The summed E-state index contributed by atoms with van der Waals surface area (Å²) in [7, 11) is 0. The number of nitrogen functional groups attached to an aromatic ring is 1. The zero-order valence-corrected chi connectivity index (χ0v) is 10.1. The van der Waals surface area contributed by atoms with E-state index in [0.717, 1.165) is 5.69 Å². The standard InChI is InChI=1S/C9H11N5O2S/c1-5-8(14(15)16)9(10)13(12-5)6(2)7-3-17-4-11-7/h3-4,6H,10H2,1-2H3. The first kappa shape index (κ1) is 11.5. The van der Waals surface area contributed by atoms with E-state index in [-0.39, 0.29) is 17.5 Å². The Morgan fingerprint density at radius 3 is 2.82 bits per heavy atom. The number of hydrogen-bond donors (Lipinski definition) is 1. The van der Waals surface area contributed by atoms with Crippen molar-refractivity contribution in [3.05, 3.63) is 32.4 Å². The molecular formula is C9H11N5O2S. The molecule has 90 valence electrons. The van der Waals surface area contributed by atoms with Gasteiger partial charge in [-0.05, 0) is 13.8 Å². The molecule has 2 heterocycles. The van der Waals surface area contributed by atoms with Crippen LogP contribution in [0.3, 0.4) is 0 Å². The zero-order chi connectivity index (χ0) is 12.6. The fourth-order valence-electron chi connectivity index (χ4n) is 1.63. The predicted octanol–water partition coefficient (Wildman–Crippen LogP) is 1.75. The third-order valence-electron chi connectivity index (χ3n) is 2.52. The van der Waals surface area contributed by atoms with E-state index in [1.807, 2.05) is 12.3 Å². The molecule has 0 bridgehead atoms. The Bertz CT molecular complexity index is 548. The molecule has 7 nitrogen and oxygen atoms in total. The van der Waals surface area contributed by atoms with Gasteiger partial charge in [-0.1, -0.05) is 0 Å². The van der Waals surface area contributed by atoms with E-state index in [1.165, 1.54) is 16.0 Å². The number of nitro groups is 1. The van der Waals surface area contributed by atoms with E-state index in [1.54, 1.807) is 12.4 Å². The largest absolute Gasteiger partial charge is 0.378 e. The first-order chi connectivity index (χ1) is 8.02. The summed E-state index contributed by atoms with van der Waals surface area (Å²) >= 11 is 1.46. The lowest BCUT2D eigenvalue weighted by Crippen LogP contribution is -2.12. The lowest BCUT2D eigenvalue weighted by atomic mass is 10.2. The van der Waals surface area contributed by atoms with E-state index in [0.29, 0.717) is 5.69 Å². The summed E-state index contributed by atoms with van der Waals surface area (Å²) in [5.74, 6) is 0.0630. The van der Waals surface area contributed by atoms with Gasteiger partial charge in [0.2, 0.25) is 5.82 Å². The first-order valence-electron chi connectivity index (χ1n) is 4.89. The van der Waals surface area contributed by atoms with Crippen LogP contribution in [0.5, 0.6) is 0 Å². The van der Waals surface area contributed by atoms with Crippen LogP contribution < -0.4 is 5.73 Å². The zero-order valence-electron chi connectivity index (χ0n) is 9.32. The molecule has 8 heteroatoms. The number of nitrogens with two attached hydrogens (primary N) is 1. The Hall–Kier alpha value is -1.96. The molecule has 0 aliphatic carbocycles. The van der Waals surface area contributed by atoms with Crippen molar-refractivity contribution >= 4 is 22.8 Å². The van der Waals surface area contributed by atoms with Crippen LogP contribution in [0.25, 0.3) is 0 Å². The highest BCUT2D eigenvalue weighted by Crippen LogP contribution is 2.29. The van der Waals surface area contributed by atoms with E-state index in [4.69, 9.17) is 5.73 Å². The van der Waals surface area contributed by atoms with Gasteiger partial charge in [0.05, 0.1) is 22.2 Å². The van der Waals surface area contributed by atoms with Crippen LogP contribution in [0.4, 0.5) is 11.5 Å². The van der Waals surface area contributed by atoms with Crippen molar-refractivity contribution in [2.24, 2.45) is 0 Å². The monoisotopic (exact) mass is 253 g/mol. The summed E-state index contributed by atoms with van der Waals surface area (Å²) < 4.78 is 1.43. The molecular weight excluding hydrogens is 242 g/mol. The number of rotatable bonds is 3. The van der Waals surface area contributed by atoms with Gasteiger partial charge in [-0.3, -0.25) is 10.1 Å². The van der Waals surface area contributed by atoms with Crippen molar-refractivity contribution in [1.82, 2.24) is 14.8 Å². The summed E-state index contributed by atoms with van der Waals surface area (Å²) in [5, 5.41) is 16.8. The molecule has 0 aliphatic heterocycles. The minimum absolute atomic E-state index is 0.0630. The van der Waals surface area contributed by atoms with Gasteiger partial charge in [0.15, 0.2) is 0 Å². The molecule has 0 saturated heterocycles. The number of thiazole rings is 1. The van der Waals surface area contributed by atoms with Crippen LogP contribution in [0, 0.1) is 17.0 Å². The van der Waals surface area contributed by atoms with E-state index >= 15 is 0 Å². The summed E-state index contributed by atoms with van der Waals surface area (Å²) in [6.45, 7) is 3.42. The van der Waals surface area contributed by atoms with Gasteiger partial charge < -0.3 is 5.73 Å². The molecule has 2 aromatic heterocycles. The molecule has 1 atom stereocenters.